The number of hydrogen-bond acceptors (Lipinski definition) is 3. The van der Waals surface area contributed by atoms with Gasteiger partial charge in [-0.3, -0.25) is 14.4 Å². The minimum Gasteiger partial charge on any atom is -0.481 e. The van der Waals surface area contributed by atoms with E-state index >= 15 is 0 Å². The smallest absolute Gasteiger partial charge is 0.311 e. The molecule has 1 unspecified atom stereocenters. The average molecular weight is 292 g/mol. The van der Waals surface area contributed by atoms with E-state index in [0.717, 1.165) is 6.42 Å². The Bertz CT molecular complexity index is 591. The van der Waals surface area contributed by atoms with Crippen LogP contribution < -0.4 is 5.56 Å². The molecule has 0 aromatic carbocycles. The molecule has 2 N–H and O–H groups in total. The van der Waals surface area contributed by atoms with Crippen molar-refractivity contribution in [2.24, 2.45) is 5.41 Å². The molecule has 6 nitrogen and oxygen atoms in total. The van der Waals surface area contributed by atoms with Crippen molar-refractivity contribution in [1.82, 2.24) is 9.88 Å². The summed E-state index contributed by atoms with van der Waals surface area (Å²) in [7, 11) is 0. The number of carboxylic acids is 1. The van der Waals surface area contributed by atoms with Crippen LogP contribution in [0.4, 0.5) is 0 Å². The van der Waals surface area contributed by atoms with E-state index in [4.69, 9.17) is 0 Å². The Morgan fingerprint density at radius 2 is 2.24 bits per heavy atom. The number of pyridine rings is 1. The minimum absolute atomic E-state index is 0.210. The molecular weight excluding hydrogens is 272 g/mol. The van der Waals surface area contributed by atoms with Crippen LogP contribution >= 0.6 is 0 Å². The molecule has 1 aliphatic heterocycles. The van der Waals surface area contributed by atoms with Gasteiger partial charge in [0, 0.05) is 30.9 Å². The van der Waals surface area contributed by atoms with Crippen molar-refractivity contribution in [2.75, 3.05) is 13.1 Å². The normalized spacial score (nSPS) is 22.0. The number of amides is 1. The fraction of sp³-hybridized carbons (Fsp3) is 0.533. The third kappa shape index (κ3) is 3.15. The third-order valence-corrected chi connectivity index (χ3v) is 4.07. The molecule has 1 amide bonds. The van der Waals surface area contributed by atoms with Crippen LogP contribution in [0.1, 0.15) is 43.0 Å². The summed E-state index contributed by atoms with van der Waals surface area (Å²) < 4.78 is 0. The zero-order chi connectivity index (χ0) is 15.5. The van der Waals surface area contributed by atoms with Crippen molar-refractivity contribution < 1.29 is 14.7 Å². The predicted octanol–water partition coefficient (Wildman–Crippen LogP) is 1.48. The van der Waals surface area contributed by atoms with Crippen molar-refractivity contribution in [3.63, 3.8) is 0 Å². The number of nitrogens with one attached hydrogen (secondary N) is 1. The summed E-state index contributed by atoms with van der Waals surface area (Å²) >= 11 is 0. The van der Waals surface area contributed by atoms with E-state index in [-0.39, 0.29) is 18.0 Å². The Morgan fingerprint density at radius 1 is 1.48 bits per heavy atom. The zero-order valence-corrected chi connectivity index (χ0v) is 12.1. The first kappa shape index (κ1) is 15.3. The largest absolute Gasteiger partial charge is 0.481 e. The molecule has 0 radical (unpaired) electrons. The number of likely N-dealkylation sites (tertiary alicyclic amines) is 1. The van der Waals surface area contributed by atoms with Crippen LogP contribution in [0.15, 0.2) is 23.1 Å². The molecule has 0 aliphatic carbocycles. The van der Waals surface area contributed by atoms with Crippen LogP contribution in [-0.4, -0.2) is 40.0 Å². The molecule has 0 saturated carbocycles. The first-order valence-electron chi connectivity index (χ1n) is 7.20. The van der Waals surface area contributed by atoms with E-state index in [1.54, 1.807) is 11.0 Å². The molecule has 21 heavy (non-hydrogen) atoms. The van der Waals surface area contributed by atoms with Crippen molar-refractivity contribution in [3.05, 3.63) is 34.2 Å². The van der Waals surface area contributed by atoms with Crippen molar-refractivity contribution in [2.45, 2.75) is 32.6 Å². The second-order valence-corrected chi connectivity index (χ2v) is 5.61. The van der Waals surface area contributed by atoms with Crippen LogP contribution in [0.25, 0.3) is 0 Å². The van der Waals surface area contributed by atoms with Gasteiger partial charge in [0.05, 0.1) is 5.41 Å². The van der Waals surface area contributed by atoms with Gasteiger partial charge in [-0.25, -0.2) is 0 Å². The van der Waals surface area contributed by atoms with E-state index in [1.807, 2.05) is 6.92 Å². The highest BCUT2D eigenvalue weighted by Crippen LogP contribution is 2.35. The standard InChI is InChI=1S/C15H20N2O4/c1-2-5-15(14(20)21)6-3-8-17(10-15)13(19)11-4-7-16-12(18)9-11/h4,7,9H,2-3,5-6,8,10H2,1H3,(H,16,18)(H,20,21). The maximum atomic E-state index is 12.4. The molecule has 1 saturated heterocycles. The Labute approximate surface area is 122 Å². The van der Waals surface area contributed by atoms with Gasteiger partial charge in [-0.05, 0) is 25.3 Å². The molecule has 0 spiro atoms. The number of carbonyl (C=O) groups is 2. The summed E-state index contributed by atoms with van der Waals surface area (Å²) in [5.74, 6) is -1.12. The summed E-state index contributed by atoms with van der Waals surface area (Å²) in [5, 5.41) is 9.54. The minimum atomic E-state index is -0.857. The average Bonchev–Trinajstić information content (AvgIpc) is 2.47. The summed E-state index contributed by atoms with van der Waals surface area (Å²) in [6.45, 7) is 2.69. The Morgan fingerprint density at radius 3 is 2.86 bits per heavy atom. The first-order chi connectivity index (χ1) is 9.98. The van der Waals surface area contributed by atoms with Crippen LogP contribution in [-0.2, 0) is 4.79 Å². The Hall–Kier alpha value is -2.11. The third-order valence-electron chi connectivity index (χ3n) is 4.07. The number of carbonyl (C=O) groups excluding carboxylic acids is 1. The van der Waals surface area contributed by atoms with Crippen molar-refractivity contribution >= 4 is 11.9 Å². The molecule has 0 bridgehead atoms. The number of H-pyrrole nitrogens is 1. The van der Waals surface area contributed by atoms with E-state index < -0.39 is 11.4 Å². The fourth-order valence-corrected chi connectivity index (χ4v) is 3.03. The van der Waals surface area contributed by atoms with E-state index in [1.165, 1.54) is 12.3 Å². The number of aromatic nitrogens is 1. The summed E-state index contributed by atoms with van der Waals surface area (Å²) in [6, 6.07) is 2.79. The zero-order valence-electron chi connectivity index (χ0n) is 12.1. The molecule has 6 heteroatoms. The van der Waals surface area contributed by atoms with Gasteiger partial charge in [-0.2, -0.15) is 0 Å². The van der Waals surface area contributed by atoms with Gasteiger partial charge in [0.25, 0.3) is 5.91 Å². The van der Waals surface area contributed by atoms with Gasteiger partial charge in [-0.15, -0.1) is 0 Å². The Balaban J connectivity index is 2.22. The second kappa shape index (κ2) is 6.11. The maximum absolute atomic E-state index is 12.4. The summed E-state index contributed by atoms with van der Waals surface area (Å²) in [6.07, 6.45) is 4.01. The predicted molar refractivity (Wildman–Crippen MR) is 77.2 cm³/mol. The van der Waals surface area contributed by atoms with Crippen LogP contribution in [0.3, 0.4) is 0 Å². The lowest BCUT2D eigenvalue weighted by Crippen LogP contribution is -2.50. The second-order valence-electron chi connectivity index (χ2n) is 5.61. The van der Waals surface area contributed by atoms with Gasteiger partial charge in [-0.1, -0.05) is 13.3 Å². The molecule has 2 heterocycles. The van der Waals surface area contributed by atoms with Crippen molar-refractivity contribution in [3.8, 4) is 0 Å². The molecule has 1 fully saturated rings. The number of carboxylic acid groups (broad SMARTS) is 1. The van der Waals surface area contributed by atoms with E-state index in [2.05, 4.69) is 4.98 Å². The fourth-order valence-electron chi connectivity index (χ4n) is 3.03. The quantitative estimate of drug-likeness (QED) is 0.879. The number of hydrogen-bond donors (Lipinski definition) is 2. The number of nitrogens with zero attached hydrogens (tertiary/aromatic N) is 1. The number of aromatic amines is 1. The van der Waals surface area contributed by atoms with Gasteiger partial charge in [0.1, 0.15) is 0 Å². The number of piperidine rings is 1. The lowest BCUT2D eigenvalue weighted by molar-refractivity contribution is -0.152. The van der Waals surface area contributed by atoms with E-state index in [0.29, 0.717) is 31.4 Å². The van der Waals surface area contributed by atoms with Crippen LogP contribution in [0.5, 0.6) is 0 Å². The molecule has 1 aromatic rings. The topological polar surface area (TPSA) is 90.5 Å². The highest BCUT2D eigenvalue weighted by molar-refractivity contribution is 5.94. The molecule has 1 aromatic heterocycles. The number of rotatable bonds is 4. The molecule has 1 atom stereocenters. The van der Waals surface area contributed by atoms with Gasteiger partial charge in [0.2, 0.25) is 5.56 Å². The number of aliphatic carboxylic acids is 1. The first-order valence-corrected chi connectivity index (χ1v) is 7.20. The van der Waals surface area contributed by atoms with Gasteiger partial charge in [0.15, 0.2) is 0 Å². The maximum Gasteiger partial charge on any atom is 0.311 e. The SMILES string of the molecule is CCCC1(C(=O)O)CCCN(C(=O)c2cc[nH]c(=O)c2)C1. The van der Waals surface area contributed by atoms with Gasteiger partial charge < -0.3 is 15.0 Å². The lowest BCUT2D eigenvalue weighted by atomic mass is 9.76. The van der Waals surface area contributed by atoms with Crippen molar-refractivity contribution in [1.29, 1.82) is 0 Å². The molecular formula is C15H20N2O4. The highest BCUT2D eigenvalue weighted by atomic mass is 16.4. The van der Waals surface area contributed by atoms with Gasteiger partial charge >= 0.3 is 5.97 Å². The summed E-state index contributed by atoms with van der Waals surface area (Å²) in [4.78, 5) is 39.4. The lowest BCUT2D eigenvalue weighted by Gasteiger charge is -2.40. The molecule has 2 rings (SSSR count). The molecule has 114 valence electrons. The summed E-state index contributed by atoms with van der Waals surface area (Å²) in [5.41, 5.74) is -0.892. The van der Waals surface area contributed by atoms with Crippen LogP contribution in [0.2, 0.25) is 0 Å². The van der Waals surface area contributed by atoms with E-state index in [9.17, 15) is 19.5 Å². The van der Waals surface area contributed by atoms with Crippen LogP contribution in [0, 0.1) is 5.41 Å². The molecule has 1 aliphatic rings. The Kier molecular flexibility index (Phi) is 4.45. The highest BCUT2D eigenvalue weighted by Gasteiger charge is 2.42. The monoisotopic (exact) mass is 292 g/mol.